The predicted molar refractivity (Wildman–Crippen MR) is 168 cm³/mol. The Morgan fingerprint density at radius 2 is 1.63 bits per heavy atom. The van der Waals surface area contributed by atoms with Crippen LogP contribution in [-0.4, -0.2) is 46.1 Å². The number of carbonyl (C=O) groups excluding carboxylic acids is 2. The first kappa shape index (κ1) is 33.2. The maximum Gasteiger partial charge on any atom is 0.311 e. The van der Waals surface area contributed by atoms with Crippen LogP contribution in [0, 0.1) is 51.8 Å². The second-order valence-electron chi connectivity index (χ2n) is 17.1. The zero-order valence-corrected chi connectivity index (χ0v) is 28.3. The minimum Gasteiger partial charge on any atom is -0.462 e. The number of aliphatic hydroxyl groups excluding tert-OH is 2. The summed E-state index contributed by atoms with van der Waals surface area (Å²) in [4.78, 5) is 25.7. The van der Waals surface area contributed by atoms with E-state index < -0.39 is 11.5 Å². The van der Waals surface area contributed by atoms with E-state index in [1.165, 1.54) is 6.42 Å². The standard InChI is InChI=1S/C37H62O6/c1-8-34(3,4)33(41)42-25-16-19-36(6)24(20-25)21-29(38)32-27-14-13-26(37(27,7)30(39)22-28(32)36)23(2)12-15-31(40)43-35(5)17-10-9-11-18-35/h23-30,32,38-39H,8-22H2,1-7H3/t23?,24?,25-,26?,27?,28?,29+,30-,32?,36-,37+/m0/s1. The molecule has 11 atom stereocenters. The first-order valence-corrected chi connectivity index (χ1v) is 17.9. The number of fused-ring (bicyclic) bond motifs is 5. The lowest BCUT2D eigenvalue weighted by molar-refractivity contribution is -0.210. The van der Waals surface area contributed by atoms with E-state index in [1.807, 2.05) is 20.8 Å². The quantitative estimate of drug-likeness (QED) is 0.278. The van der Waals surface area contributed by atoms with Gasteiger partial charge in [0.2, 0.25) is 0 Å². The molecule has 0 aliphatic heterocycles. The summed E-state index contributed by atoms with van der Waals surface area (Å²) in [7, 11) is 0. The Labute approximate surface area is 261 Å². The van der Waals surface area contributed by atoms with E-state index >= 15 is 0 Å². The summed E-state index contributed by atoms with van der Waals surface area (Å²) in [6.45, 7) is 15.0. The van der Waals surface area contributed by atoms with Gasteiger partial charge in [-0.1, -0.05) is 34.1 Å². The number of carbonyl (C=O) groups is 2. The molecule has 43 heavy (non-hydrogen) atoms. The molecule has 0 aromatic heterocycles. The van der Waals surface area contributed by atoms with Gasteiger partial charge in [0.05, 0.1) is 17.6 Å². The van der Waals surface area contributed by atoms with Crippen molar-refractivity contribution in [3.8, 4) is 0 Å². The minimum absolute atomic E-state index is 0.0398. The molecule has 0 radical (unpaired) electrons. The SMILES string of the molecule is CCC(C)(C)C(=O)O[C@H]1CC[C@@]2(C)C(C1)C[C@@H](O)C1C2C[C@H](O)[C@]2(C)C(C(C)CCC(=O)OC3(C)CCCCC3)CCC12. The molecule has 5 fully saturated rings. The fourth-order valence-electron chi connectivity index (χ4n) is 11.0. The summed E-state index contributed by atoms with van der Waals surface area (Å²) in [5.41, 5.74) is -0.976. The van der Waals surface area contributed by atoms with Crippen LogP contribution in [0.4, 0.5) is 0 Å². The molecule has 6 heteroatoms. The monoisotopic (exact) mass is 602 g/mol. The summed E-state index contributed by atoms with van der Waals surface area (Å²) < 4.78 is 12.0. The van der Waals surface area contributed by atoms with Gasteiger partial charge < -0.3 is 19.7 Å². The zero-order valence-electron chi connectivity index (χ0n) is 28.3. The lowest BCUT2D eigenvalue weighted by Gasteiger charge is -2.63. The van der Waals surface area contributed by atoms with Gasteiger partial charge in [-0.25, -0.2) is 0 Å². The van der Waals surface area contributed by atoms with Crippen molar-refractivity contribution in [3.05, 3.63) is 0 Å². The van der Waals surface area contributed by atoms with Crippen molar-refractivity contribution in [1.82, 2.24) is 0 Å². The van der Waals surface area contributed by atoms with Crippen LogP contribution in [0.3, 0.4) is 0 Å². The normalized spacial score (nSPS) is 43.1. The third-order valence-corrected chi connectivity index (χ3v) is 14.3. The molecular formula is C37H62O6. The van der Waals surface area contributed by atoms with E-state index in [0.717, 1.165) is 83.5 Å². The summed E-state index contributed by atoms with van der Waals surface area (Å²) in [6, 6.07) is 0. The molecule has 5 aliphatic carbocycles. The maximum absolute atomic E-state index is 12.9. The minimum atomic E-state index is -0.472. The number of hydrogen-bond donors (Lipinski definition) is 2. The van der Waals surface area contributed by atoms with Crippen LogP contribution in [0.25, 0.3) is 0 Å². The molecule has 0 aromatic rings. The number of esters is 2. The highest BCUT2D eigenvalue weighted by atomic mass is 16.6. The van der Waals surface area contributed by atoms with E-state index in [4.69, 9.17) is 9.47 Å². The topological polar surface area (TPSA) is 93.1 Å². The second kappa shape index (κ2) is 12.2. The van der Waals surface area contributed by atoms with Gasteiger partial charge in [0.1, 0.15) is 11.7 Å². The molecule has 246 valence electrons. The lowest BCUT2D eigenvalue weighted by Crippen LogP contribution is -2.62. The highest BCUT2D eigenvalue weighted by Crippen LogP contribution is 2.68. The Hall–Kier alpha value is -1.14. The lowest BCUT2D eigenvalue weighted by atomic mass is 9.43. The van der Waals surface area contributed by atoms with Crippen LogP contribution in [0.5, 0.6) is 0 Å². The molecule has 0 saturated heterocycles. The van der Waals surface area contributed by atoms with Gasteiger partial charge in [0, 0.05) is 6.42 Å². The van der Waals surface area contributed by atoms with Crippen molar-refractivity contribution in [2.45, 2.75) is 169 Å². The largest absolute Gasteiger partial charge is 0.462 e. The zero-order chi connectivity index (χ0) is 31.4. The van der Waals surface area contributed by atoms with E-state index in [9.17, 15) is 19.8 Å². The highest BCUT2D eigenvalue weighted by Gasteiger charge is 2.66. The van der Waals surface area contributed by atoms with Crippen LogP contribution < -0.4 is 0 Å². The molecular weight excluding hydrogens is 540 g/mol. The summed E-state index contributed by atoms with van der Waals surface area (Å²) >= 11 is 0. The third-order valence-electron chi connectivity index (χ3n) is 14.3. The predicted octanol–water partition coefficient (Wildman–Crippen LogP) is 7.62. The summed E-state index contributed by atoms with van der Waals surface area (Å²) in [5.74, 6) is 1.53. The van der Waals surface area contributed by atoms with Gasteiger partial charge in [0.15, 0.2) is 0 Å². The van der Waals surface area contributed by atoms with Crippen molar-refractivity contribution in [1.29, 1.82) is 0 Å². The van der Waals surface area contributed by atoms with Gasteiger partial charge in [-0.3, -0.25) is 9.59 Å². The fraction of sp³-hybridized carbons (Fsp3) is 0.946. The average Bonchev–Trinajstić information content (AvgIpc) is 3.31. The number of hydrogen-bond acceptors (Lipinski definition) is 6. The number of rotatable bonds is 8. The molecule has 2 N–H and O–H groups in total. The van der Waals surface area contributed by atoms with Crippen molar-refractivity contribution >= 4 is 11.9 Å². The van der Waals surface area contributed by atoms with Crippen molar-refractivity contribution in [2.24, 2.45) is 51.8 Å². The Balaban J connectivity index is 1.24. The van der Waals surface area contributed by atoms with Crippen LogP contribution in [-0.2, 0) is 19.1 Å². The third kappa shape index (κ3) is 6.07. The first-order valence-electron chi connectivity index (χ1n) is 17.9. The molecule has 6 unspecified atom stereocenters. The summed E-state index contributed by atoms with van der Waals surface area (Å²) in [5, 5.41) is 23.7. The number of ether oxygens (including phenoxy) is 2. The van der Waals surface area contributed by atoms with Crippen molar-refractivity contribution < 1.29 is 29.3 Å². The van der Waals surface area contributed by atoms with Crippen LogP contribution in [0.1, 0.15) is 145 Å². The molecule has 5 rings (SSSR count). The van der Waals surface area contributed by atoms with Gasteiger partial charge in [0.25, 0.3) is 0 Å². The molecule has 0 bridgehead atoms. The molecule has 0 spiro atoms. The average molecular weight is 603 g/mol. The van der Waals surface area contributed by atoms with Gasteiger partial charge in [-0.15, -0.1) is 0 Å². The summed E-state index contributed by atoms with van der Waals surface area (Å²) in [6.07, 6.45) is 12.8. The van der Waals surface area contributed by atoms with Gasteiger partial charge >= 0.3 is 11.9 Å². The van der Waals surface area contributed by atoms with Gasteiger partial charge in [-0.05, 0) is 151 Å². The molecule has 5 saturated carbocycles. The molecule has 0 aromatic carbocycles. The number of aliphatic hydroxyl groups is 2. The molecule has 6 nitrogen and oxygen atoms in total. The molecule has 5 aliphatic rings. The van der Waals surface area contributed by atoms with Crippen molar-refractivity contribution in [2.75, 3.05) is 0 Å². The van der Waals surface area contributed by atoms with E-state index in [-0.39, 0.29) is 58.3 Å². The van der Waals surface area contributed by atoms with E-state index in [0.29, 0.717) is 24.2 Å². The Morgan fingerprint density at radius 3 is 2.30 bits per heavy atom. The maximum atomic E-state index is 12.9. The van der Waals surface area contributed by atoms with E-state index in [1.54, 1.807) is 0 Å². The first-order chi connectivity index (χ1) is 20.1. The highest BCUT2D eigenvalue weighted by molar-refractivity contribution is 5.76. The molecule has 0 amide bonds. The second-order valence-corrected chi connectivity index (χ2v) is 17.1. The van der Waals surface area contributed by atoms with E-state index in [2.05, 4.69) is 27.7 Å². The van der Waals surface area contributed by atoms with Crippen LogP contribution in [0.2, 0.25) is 0 Å². The smallest absolute Gasteiger partial charge is 0.311 e. The van der Waals surface area contributed by atoms with Crippen molar-refractivity contribution in [3.63, 3.8) is 0 Å². The Bertz CT molecular complexity index is 1020. The Kier molecular flexibility index (Phi) is 9.45. The van der Waals surface area contributed by atoms with Crippen LogP contribution >= 0.6 is 0 Å². The molecule has 0 heterocycles. The van der Waals surface area contributed by atoms with Crippen LogP contribution in [0.15, 0.2) is 0 Å². The fourth-order valence-corrected chi connectivity index (χ4v) is 11.0. The Morgan fingerprint density at radius 1 is 0.930 bits per heavy atom. The van der Waals surface area contributed by atoms with Gasteiger partial charge in [-0.2, -0.15) is 0 Å².